The van der Waals surface area contributed by atoms with Gasteiger partial charge in [-0.25, -0.2) is 4.79 Å². The van der Waals surface area contributed by atoms with Gasteiger partial charge < -0.3 is 25.3 Å². The maximum Gasteiger partial charge on any atom is 0.341 e. The summed E-state index contributed by atoms with van der Waals surface area (Å²) >= 11 is 2.17. The number of amides is 2. The average Bonchev–Trinajstić information content (AvgIpc) is 3.37. The van der Waals surface area contributed by atoms with Crippen LogP contribution >= 0.6 is 23.1 Å². The number of carbonyl (C=O) groups excluding carboxylic acids is 3. The zero-order chi connectivity index (χ0) is 25.0. The first-order chi connectivity index (χ1) is 16.2. The summed E-state index contributed by atoms with van der Waals surface area (Å²) in [6.45, 7) is 4.19. The van der Waals surface area contributed by atoms with Crippen molar-refractivity contribution in [2.75, 3.05) is 37.2 Å². The van der Waals surface area contributed by atoms with Crippen LogP contribution in [0, 0.1) is 6.92 Å². The van der Waals surface area contributed by atoms with Crippen molar-refractivity contribution in [3.8, 4) is 11.4 Å². The number of thiophene rings is 1. The maximum absolute atomic E-state index is 12.7. The standard InChI is InChI=1S/C22H26N6O4S2/c1-6-28-19(13-7-9-14(10-8-13)27(3)4)25-26-22(28)33-11-15(29)24-20-16(21(31)32-5)12(2)17(34-20)18(23)30/h7-10H,6,11H2,1-5H3,(H2,23,30)(H,24,29). The molecule has 0 bridgehead atoms. The number of aromatic nitrogens is 3. The third-order valence-corrected chi connectivity index (χ3v) is 7.21. The molecular weight excluding hydrogens is 476 g/mol. The number of ether oxygens (including phenoxy) is 1. The fourth-order valence-electron chi connectivity index (χ4n) is 3.28. The van der Waals surface area contributed by atoms with Crippen LogP contribution in [0.3, 0.4) is 0 Å². The highest BCUT2D eigenvalue weighted by Crippen LogP contribution is 2.34. The first kappa shape index (κ1) is 25.2. The Balaban J connectivity index is 1.75. The summed E-state index contributed by atoms with van der Waals surface area (Å²) in [4.78, 5) is 38.7. The lowest BCUT2D eigenvalue weighted by Gasteiger charge is -2.13. The zero-order valence-corrected chi connectivity index (χ0v) is 21.2. The number of esters is 1. The van der Waals surface area contributed by atoms with Gasteiger partial charge in [-0.15, -0.1) is 21.5 Å². The van der Waals surface area contributed by atoms with Crippen molar-refractivity contribution in [3.63, 3.8) is 0 Å². The van der Waals surface area contributed by atoms with E-state index in [1.54, 1.807) is 6.92 Å². The smallest absolute Gasteiger partial charge is 0.341 e. The Labute approximate surface area is 205 Å². The molecule has 180 valence electrons. The van der Waals surface area contributed by atoms with E-state index in [0.717, 1.165) is 22.6 Å². The zero-order valence-electron chi connectivity index (χ0n) is 19.5. The molecular formula is C22H26N6O4S2. The van der Waals surface area contributed by atoms with E-state index in [1.165, 1.54) is 18.9 Å². The Kier molecular flexibility index (Phi) is 7.94. The summed E-state index contributed by atoms with van der Waals surface area (Å²) in [6, 6.07) is 7.98. The molecule has 3 N–H and O–H groups in total. The second-order valence-electron chi connectivity index (χ2n) is 7.44. The largest absolute Gasteiger partial charge is 0.465 e. The molecule has 3 aromatic rings. The number of nitrogens with zero attached hydrogens (tertiary/aromatic N) is 4. The van der Waals surface area contributed by atoms with Gasteiger partial charge in [0, 0.05) is 31.9 Å². The second-order valence-corrected chi connectivity index (χ2v) is 9.41. The van der Waals surface area contributed by atoms with Crippen molar-refractivity contribution < 1.29 is 19.1 Å². The Morgan fingerprint density at radius 1 is 1.21 bits per heavy atom. The number of carbonyl (C=O) groups is 3. The summed E-state index contributed by atoms with van der Waals surface area (Å²) in [6.07, 6.45) is 0. The predicted octanol–water partition coefficient (Wildman–Crippen LogP) is 3.02. The van der Waals surface area contributed by atoms with Crippen LogP contribution in [0.2, 0.25) is 0 Å². The summed E-state index contributed by atoms with van der Waals surface area (Å²) in [7, 11) is 5.18. The molecule has 0 saturated heterocycles. The van der Waals surface area contributed by atoms with Crippen molar-refractivity contribution in [3.05, 3.63) is 40.3 Å². The molecule has 0 atom stereocenters. The molecule has 0 spiro atoms. The summed E-state index contributed by atoms with van der Waals surface area (Å²) in [5.41, 5.74) is 7.89. The fourth-order valence-corrected chi connectivity index (χ4v) is 5.15. The van der Waals surface area contributed by atoms with Crippen LogP contribution in [-0.2, 0) is 16.1 Å². The topological polar surface area (TPSA) is 132 Å². The summed E-state index contributed by atoms with van der Waals surface area (Å²) in [5, 5.41) is 12.1. The molecule has 0 saturated carbocycles. The van der Waals surface area contributed by atoms with Gasteiger partial charge in [0.1, 0.15) is 5.00 Å². The second kappa shape index (κ2) is 10.7. The molecule has 0 aliphatic carbocycles. The normalized spacial score (nSPS) is 10.7. The number of benzene rings is 1. The number of rotatable bonds is 9. The first-order valence-corrected chi connectivity index (χ1v) is 12.1. The van der Waals surface area contributed by atoms with Crippen LogP contribution < -0.4 is 16.0 Å². The van der Waals surface area contributed by atoms with E-state index in [-0.39, 0.29) is 27.1 Å². The minimum atomic E-state index is -0.676. The van der Waals surface area contributed by atoms with Crippen molar-refractivity contribution in [2.45, 2.75) is 25.5 Å². The molecule has 0 unspecified atom stereocenters. The predicted molar refractivity (Wildman–Crippen MR) is 134 cm³/mol. The van der Waals surface area contributed by atoms with Crippen LogP contribution in [0.1, 0.15) is 32.5 Å². The highest BCUT2D eigenvalue weighted by Gasteiger charge is 2.25. The summed E-state index contributed by atoms with van der Waals surface area (Å²) in [5.74, 6) is -0.954. The number of nitrogens with one attached hydrogen (secondary N) is 1. The highest BCUT2D eigenvalue weighted by molar-refractivity contribution is 7.99. The first-order valence-electron chi connectivity index (χ1n) is 10.3. The molecule has 1 aromatic carbocycles. The van der Waals surface area contributed by atoms with E-state index in [4.69, 9.17) is 10.5 Å². The Hall–Kier alpha value is -3.38. The van der Waals surface area contributed by atoms with Gasteiger partial charge in [-0.2, -0.15) is 0 Å². The summed E-state index contributed by atoms with van der Waals surface area (Å²) < 4.78 is 6.73. The number of thioether (sulfide) groups is 1. The molecule has 12 heteroatoms. The van der Waals surface area contributed by atoms with Crippen LogP contribution in [0.5, 0.6) is 0 Å². The molecule has 0 aliphatic heterocycles. The average molecular weight is 503 g/mol. The molecule has 0 radical (unpaired) electrons. The third-order valence-electron chi connectivity index (χ3n) is 5.02. The van der Waals surface area contributed by atoms with Gasteiger partial charge in [0.2, 0.25) is 5.91 Å². The van der Waals surface area contributed by atoms with Gasteiger partial charge in [-0.05, 0) is 43.7 Å². The lowest BCUT2D eigenvalue weighted by molar-refractivity contribution is -0.113. The number of anilines is 2. The van der Waals surface area contributed by atoms with Crippen molar-refractivity contribution >= 4 is 51.6 Å². The lowest BCUT2D eigenvalue weighted by atomic mass is 10.1. The van der Waals surface area contributed by atoms with Crippen molar-refractivity contribution in [1.29, 1.82) is 0 Å². The third kappa shape index (κ3) is 5.23. The van der Waals surface area contributed by atoms with Crippen LogP contribution in [-0.4, -0.2) is 59.5 Å². The van der Waals surface area contributed by atoms with Gasteiger partial charge in [-0.3, -0.25) is 9.59 Å². The molecule has 34 heavy (non-hydrogen) atoms. The number of methoxy groups -OCH3 is 1. The molecule has 2 amide bonds. The van der Waals surface area contributed by atoms with E-state index >= 15 is 0 Å². The lowest BCUT2D eigenvalue weighted by Crippen LogP contribution is -2.16. The van der Waals surface area contributed by atoms with Crippen molar-refractivity contribution in [2.24, 2.45) is 5.73 Å². The van der Waals surface area contributed by atoms with E-state index in [0.29, 0.717) is 23.1 Å². The minimum absolute atomic E-state index is 0.0289. The SMILES string of the molecule is CCn1c(SCC(=O)Nc2sc(C(N)=O)c(C)c2C(=O)OC)nnc1-c1ccc(N(C)C)cc1. The Bertz CT molecular complexity index is 1220. The minimum Gasteiger partial charge on any atom is -0.465 e. The molecule has 3 rings (SSSR count). The van der Waals surface area contributed by atoms with Gasteiger partial charge >= 0.3 is 5.97 Å². The molecule has 10 nitrogen and oxygen atoms in total. The van der Waals surface area contributed by atoms with E-state index in [9.17, 15) is 14.4 Å². The number of nitrogens with two attached hydrogens (primary N) is 1. The maximum atomic E-state index is 12.7. The Morgan fingerprint density at radius 2 is 1.88 bits per heavy atom. The Morgan fingerprint density at radius 3 is 2.44 bits per heavy atom. The van der Waals surface area contributed by atoms with E-state index < -0.39 is 11.9 Å². The van der Waals surface area contributed by atoms with Crippen LogP contribution in [0.25, 0.3) is 11.4 Å². The van der Waals surface area contributed by atoms with Gasteiger partial charge in [-0.1, -0.05) is 11.8 Å². The van der Waals surface area contributed by atoms with E-state index in [2.05, 4.69) is 15.5 Å². The fraction of sp³-hybridized carbons (Fsp3) is 0.318. The quantitative estimate of drug-likeness (QED) is 0.337. The van der Waals surface area contributed by atoms with Crippen LogP contribution in [0.4, 0.5) is 10.7 Å². The molecule has 2 aromatic heterocycles. The monoisotopic (exact) mass is 502 g/mol. The molecule has 0 fully saturated rings. The van der Waals surface area contributed by atoms with Crippen LogP contribution in [0.15, 0.2) is 29.4 Å². The number of primary amides is 1. The number of hydrogen-bond acceptors (Lipinski definition) is 9. The highest BCUT2D eigenvalue weighted by atomic mass is 32.2. The van der Waals surface area contributed by atoms with Gasteiger partial charge in [0.05, 0.1) is 23.3 Å². The van der Waals surface area contributed by atoms with E-state index in [1.807, 2.05) is 54.8 Å². The van der Waals surface area contributed by atoms with Gasteiger partial charge in [0.15, 0.2) is 11.0 Å². The van der Waals surface area contributed by atoms with Gasteiger partial charge in [0.25, 0.3) is 5.91 Å². The van der Waals surface area contributed by atoms with Crippen molar-refractivity contribution in [1.82, 2.24) is 14.8 Å². The molecule has 2 heterocycles. The number of hydrogen-bond donors (Lipinski definition) is 2. The molecule has 0 aliphatic rings.